The summed E-state index contributed by atoms with van der Waals surface area (Å²) >= 11 is 6.38. The van der Waals surface area contributed by atoms with Crippen molar-refractivity contribution in [3.8, 4) is 11.5 Å². The Morgan fingerprint density at radius 1 is 0.882 bits per heavy atom. The van der Waals surface area contributed by atoms with Crippen LogP contribution in [0.4, 0.5) is 17.1 Å². The van der Waals surface area contributed by atoms with E-state index in [9.17, 15) is 0 Å². The van der Waals surface area contributed by atoms with Crippen LogP contribution in [0.3, 0.4) is 0 Å². The third-order valence-corrected chi connectivity index (χ3v) is 5.97. The van der Waals surface area contributed by atoms with Gasteiger partial charge in [-0.3, -0.25) is 4.99 Å². The number of aliphatic imine (C=N–C) groups is 2. The summed E-state index contributed by atoms with van der Waals surface area (Å²) < 4.78 is 6.17. The first-order valence-corrected chi connectivity index (χ1v) is 11.5. The van der Waals surface area contributed by atoms with Gasteiger partial charge in [-0.05, 0) is 55.3 Å². The maximum Gasteiger partial charge on any atom is 0.130 e. The lowest BCUT2D eigenvalue weighted by Crippen LogP contribution is -2.15. The van der Waals surface area contributed by atoms with E-state index in [1.165, 1.54) is 5.56 Å². The van der Waals surface area contributed by atoms with Crippen molar-refractivity contribution in [2.24, 2.45) is 9.98 Å². The van der Waals surface area contributed by atoms with Gasteiger partial charge in [0.15, 0.2) is 0 Å². The number of nitrogens with zero attached hydrogens (tertiary/aromatic N) is 2. The number of aryl methyl sites for hydroxylation is 2. The number of hydrogen-bond donors (Lipinski definition) is 1. The first-order valence-electron chi connectivity index (χ1n) is 11.2. The summed E-state index contributed by atoms with van der Waals surface area (Å²) in [7, 11) is 0. The van der Waals surface area contributed by atoms with Crippen molar-refractivity contribution in [3.63, 3.8) is 0 Å². The number of amidine groups is 1. The highest BCUT2D eigenvalue weighted by atomic mass is 35.5. The Morgan fingerprint density at radius 3 is 2.44 bits per heavy atom. The maximum absolute atomic E-state index is 6.38. The molecule has 1 heterocycles. The molecule has 0 radical (unpaired) electrons. The minimum absolute atomic E-state index is 0.539. The second-order valence-corrected chi connectivity index (χ2v) is 8.69. The first-order chi connectivity index (χ1) is 16.5. The average molecular weight is 466 g/mol. The zero-order valence-corrected chi connectivity index (χ0v) is 19.8. The number of rotatable bonds is 4. The molecule has 5 rings (SSSR count). The number of halogens is 1. The summed E-state index contributed by atoms with van der Waals surface area (Å²) in [6, 6.07) is 29.8. The van der Waals surface area contributed by atoms with Crippen LogP contribution in [0.1, 0.15) is 23.1 Å². The summed E-state index contributed by atoms with van der Waals surface area (Å²) in [6.45, 7) is 4.11. The van der Waals surface area contributed by atoms with Crippen LogP contribution in [-0.2, 0) is 0 Å². The molecule has 0 saturated heterocycles. The molecule has 0 amide bonds. The van der Waals surface area contributed by atoms with Crippen molar-refractivity contribution in [2.75, 3.05) is 5.32 Å². The Morgan fingerprint density at radius 2 is 1.65 bits per heavy atom. The van der Waals surface area contributed by atoms with Gasteiger partial charge in [0.05, 0.1) is 27.8 Å². The lowest BCUT2D eigenvalue weighted by molar-refractivity contribution is 0.479. The molecule has 34 heavy (non-hydrogen) atoms. The molecule has 0 saturated carbocycles. The molecule has 4 aromatic carbocycles. The van der Waals surface area contributed by atoms with E-state index in [-0.39, 0.29) is 0 Å². The summed E-state index contributed by atoms with van der Waals surface area (Å²) in [5.74, 6) is 2.33. The number of nitrogens with one attached hydrogen (secondary N) is 1. The molecule has 0 aromatic heterocycles. The molecule has 1 N–H and O–H groups in total. The van der Waals surface area contributed by atoms with E-state index in [0.717, 1.165) is 51.2 Å². The molecule has 4 aromatic rings. The van der Waals surface area contributed by atoms with Gasteiger partial charge in [-0.25, -0.2) is 4.99 Å². The normalized spacial score (nSPS) is 14.1. The average Bonchev–Trinajstić information content (AvgIpc) is 3.01. The Bertz CT molecular complexity index is 1410. The van der Waals surface area contributed by atoms with Gasteiger partial charge in [-0.1, -0.05) is 71.8 Å². The highest BCUT2D eigenvalue weighted by molar-refractivity contribution is 6.33. The van der Waals surface area contributed by atoms with E-state index in [2.05, 4.69) is 36.5 Å². The molecule has 168 valence electrons. The van der Waals surface area contributed by atoms with E-state index in [1.807, 2.05) is 73.7 Å². The van der Waals surface area contributed by atoms with Gasteiger partial charge in [0.2, 0.25) is 0 Å². The first kappa shape index (κ1) is 21.9. The number of benzene rings is 4. The van der Waals surface area contributed by atoms with Crippen molar-refractivity contribution >= 4 is 40.2 Å². The van der Waals surface area contributed by atoms with E-state index >= 15 is 0 Å². The van der Waals surface area contributed by atoms with E-state index < -0.39 is 0 Å². The summed E-state index contributed by atoms with van der Waals surface area (Å²) in [6.07, 6.45) is 0.539. The number of fused-ring (bicyclic) bond motifs is 1. The van der Waals surface area contributed by atoms with Crippen LogP contribution in [0.2, 0.25) is 5.02 Å². The van der Waals surface area contributed by atoms with Gasteiger partial charge in [0.25, 0.3) is 0 Å². The topological polar surface area (TPSA) is 46.0 Å². The lowest BCUT2D eigenvalue weighted by Gasteiger charge is -2.12. The Kier molecular flexibility index (Phi) is 6.15. The van der Waals surface area contributed by atoms with Crippen molar-refractivity contribution in [3.05, 3.63) is 113 Å². The van der Waals surface area contributed by atoms with Crippen LogP contribution < -0.4 is 10.1 Å². The molecule has 0 atom stereocenters. The van der Waals surface area contributed by atoms with Crippen LogP contribution in [0.15, 0.2) is 101 Å². The smallest absolute Gasteiger partial charge is 0.130 e. The van der Waals surface area contributed by atoms with Crippen molar-refractivity contribution in [1.29, 1.82) is 0 Å². The third-order valence-electron chi connectivity index (χ3n) is 5.65. The van der Waals surface area contributed by atoms with Gasteiger partial charge >= 0.3 is 0 Å². The molecule has 5 heteroatoms. The molecule has 0 bridgehead atoms. The SMILES string of the molecule is Cc1ccc(C2=Nc3cc(Oc4ccccc4C)ccc3NC(=Nc3ccccc3Cl)C2)cc1. The Hall–Kier alpha value is -3.89. The van der Waals surface area contributed by atoms with E-state index in [4.69, 9.17) is 26.3 Å². The largest absolute Gasteiger partial charge is 0.457 e. The number of anilines is 1. The fraction of sp³-hybridized carbons (Fsp3) is 0.103. The van der Waals surface area contributed by atoms with Gasteiger partial charge in [0.1, 0.15) is 17.3 Å². The molecular weight excluding hydrogens is 442 g/mol. The number of ether oxygens (including phenoxy) is 1. The number of para-hydroxylation sites is 2. The predicted octanol–water partition coefficient (Wildman–Crippen LogP) is 8.42. The zero-order valence-electron chi connectivity index (χ0n) is 19.0. The Balaban J connectivity index is 1.57. The molecular formula is C29H24ClN3O. The molecule has 0 spiro atoms. The van der Waals surface area contributed by atoms with E-state index in [0.29, 0.717) is 11.4 Å². The molecule has 1 aliphatic rings. The van der Waals surface area contributed by atoms with E-state index in [1.54, 1.807) is 0 Å². The standard InChI is InChI=1S/C29H24ClN3O/c1-19-11-13-21(14-12-19)26-18-29(32-24-9-5-4-8-23(24)30)33-25-16-15-22(17-27(25)31-26)34-28-10-6-3-7-20(28)2/h3-17H,18H2,1-2H3,(H,32,33). The zero-order chi connectivity index (χ0) is 23.5. The minimum atomic E-state index is 0.539. The minimum Gasteiger partial charge on any atom is -0.457 e. The lowest BCUT2D eigenvalue weighted by atomic mass is 10.1. The fourth-order valence-corrected chi connectivity index (χ4v) is 3.96. The fourth-order valence-electron chi connectivity index (χ4n) is 3.78. The summed E-state index contributed by atoms with van der Waals surface area (Å²) in [5.41, 5.74) is 6.64. The predicted molar refractivity (Wildman–Crippen MR) is 142 cm³/mol. The molecule has 4 nitrogen and oxygen atoms in total. The van der Waals surface area contributed by atoms with Crippen molar-refractivity contribution < 1.29 is 4.74 Å². The molecule has 0 aliphatic carbocycles. The monoisotopic (exact) mass is 465 g/mol. The highest BCUT2D eigenvalue weighted by Gasteiger charge is 2.18. The maximum atomic E-state index is 6.38. The summed E-state index contributed by atoms with van der Waals surface area (Å²) in [4.78, 5) is 9.87. The molecule has 0 unspecified atom stereocenters. The quantitative estimate of drug-likeness (QED) is 0.328. The van der Waals surface area contributed by atoms with Crippen LogP contribution in [0, 0.1) is 13.8 Å². The summed E-state index contributed by atoms with van der Waals surface area (Å²) in [5, 5.41) is 4.08. The van der Waals surface area contributed by atoms with Crippen LogP contribution in [0.25, 0.3) is 0 Å². The highest BCUT2D eigenvalue weighted by Crippen LogP contribution is 2.36. The van der Waals surface area contributed by atoms with Gasteiger partial charge in [-0.2, -0.15) is 0 Å². The second kappa shape index (κ2) is 9.54. The van der Waals surface area contributed by atoms with Crippen LogP contribution in [-0.4, -0.2) is 11.5 Å². The second-order valence-electron chi connectivity index (χ2n) is 8.28. The van der Waals surface area contributed by atoms with Gasteiger partial charge < -0.3 is 10.1 Å². The molecule has 1 aliphatic heterocycles. The van der Waals surface area contributed by atoms with Gasteiger partial charge in [-0.15, -0.1) is 0 Å². The van der Waals surface area contributed by atoms with Crippen LogP contribution >= 0.6 is 11.6 Å². The van der Waals surface area contributed by atoms with Crippen molar-refractivity contribution in [2.45, 2.75) is 20.3 Å². The molecule has 0 fully saturated rings. The van der Waals surface area contributed by atoms with Crippen molar-refractivity contribution in [1.82, 2.24) is 0 Å². The third kappa shape index (κ3) is 4.87. The number of hydrogen-bond acceptors (Lipinski definition) is 3. The Labute approximate surface area is 204 Å². The van der Waals surface area contributed by atoms with Gasteiger partial charge in [0, 0.05) is 12.5 Å². The van der Waals surface area contributed by atoms with Crippen LogP contribution in [0.5, 0.6) is 11.5 Å².